The van der Waals surface area contributed by atoms with Crippen molar-refractivity contribution in [1.82, 2.24) is 20.1 Å². The lowest BCUT2D eigenvalue weighted by Gasteiger charge is -2.35. The van der Waals surface area contributed by atoms with E-state index in [9.17, 15) is 4.79 Å². The second-order valence-electron chi connectivity index (χ2n) is 5.28. The molecule has 0 saturated carbocycles. The zero-order chi connectivity index (χ0) is 15.2. The molecule has 0 unspecified atom stereocenters. The highest BCUT2D eigenvalue weighted by Gasteiger charge is 2.17. The Hall–Kier alpha value is -2.41. The summed E-state index contributed by atoms with van der Waals surface area (Å²) < 4.78 is 0. The van der Waals surface area contributed by atoms with E-state index in [-0.39, 0.29) is 5.56 Å². The molecule has 2 aromatic rings. The molecule has 0 aromatic carbocycles. The highest BCUT2D eigenvalue weighted by molar-refractivity contribution is 5.39. The summed E-state index contributed by atoms with van der Waals surface area (Å²) in [5, 5.41) is 9.36. The third-order valence-corrected chi connectivity index (χ3v) is 3.77. The Labute approximate surface area is 129 Å². The fraction of sp³-hybridized carbons (Fsp3) is 0.400. The monoisotopic (exact) mass is 300 g/mol. The van der Waals surface area contributed by atoms with Gasteiger partial charge in [0.25, 0.3) is 5.56 Å². The van der Waals surface area contributed by atoms with Crippen LogP contribution < -0.4 is 15.8 Å². The summed E-state index contributed by atoms with van der Waals surface area (Å²) in [6, 6.07) is 7.53. The van der Waals surface area contributed by atoms with E-state index in [0.29, 0.717) is 0 Å². The number of anilines is 2. The minimum atomic E-state index is -0.186. The lowest BCUT2D eigenvalue weighted by Crippen LogP contribution is -2.47. The van der Waals surface area contributed by atoms with E-state index in [0.717, 1.165) is 50.8 Å². The summed E-state index contributed by atoms with van der Waals surface area (Å²) in [4.78, 5) is 20.3. The van der Waals surface area contributed by atoms with Crippen molar-refractivity contribution < 1.29 is 0 Å². The highest BCUT2D eigenvalue weighted by atomic mass is 16.1. The van der Waals surface area contributed by atoms with E-state index in [1.165, 1.54) is 6.07 Å². The van der Waals surface area contributed by atoms with Crippen molar-refractivity contribution in [2.75, 3.05) is 49.5 Å². The molecule has 1 aliphatic rings. The fourth-order valence-corrected chi connectivity index (χ4v) is 2.57. The molecule has 1 fully saturated rings. The van der Waals surface area contributed by atoms with Crippen LogP contribution in [0.4, 0.5) is 11.5 Å². The van der Waals surface area contributed by atoms with Gasteiger partial charge in [0.2, 0.25) is 0 Å². The number of aromatic nitrogens is 3. The molecule has 7 nitrogen and oxygen atoms in total. The van der Waals surface area contributed by atoms with Crippen LogP contribution >= 0.6 is 0 Å². The molecule has 1 saturated heterocycles. The Kier molecular flexibility index (Phi) is 4.65. The number of hydrogen-bond donors (Lipinski definition) is 2. The lowest BCUT2D eigenvalue weighted by molar-refractivity contribution is 0.266. The summed E-state index contributed by atoms with van der Waals surface area (Å²) in [6.07, 6.45) is 3.46. The predicted octanol–water partition coefficient (Wildman–Crippen LogP) is 0.399. The number of H-pyrrole nitrogens is 1. The average molecular weight is 300 g/mol. The predicted molar refractivity (Wildman–Crippen MR) is 86.2 cm³/mol. The van der Waals surface area contributed by atoms with Crippen LogP contribution in [0.1, 0.15) is 0 Å². The first-order valence-electron chi connectivity index (χ1n) is 7.48. The van der Waals surface area contributed by atoms with Crippen molar-refractivity contribution in [2.45, 2.75) is 0 Å². The quantitative estimate of drug-likeness (QED) is 0.832. The molecule has 7 heteroatoms. The zero-order valence-electron chi connectivity index (χ0n) is 12.4. The largest absolute Gasteiger partial charge is 0.382 e. The number of nitrogens with zero attached hydrogens (tertiary/aromatic N) is 4. The number of nitrogens with one attached hydrogen (secondary N) is 2. The first kappa shape index (κ1) is 14.5. The van der Waals surface area contributed by atoms with Gasteiger partial charge in [-0.25, -0.2) is 10.1 Å². The minimum absolute atomic E-state index is 0.186. The second kappa shape index (κ2) is 7.04. The van der Waals surface area contributed by atoms with Gasteiger partial charge < -0.3 is 10.2 Å². The topological polar surface area (TPSA) is 77.2 Å². The molecule has 2 aromatic heterocycles. The van der Waals surface area contributed by atoms with Crippen molar-refractivity contribution in [3.05, 3.63) is 47.0 Å². The van der Waals surface area contributed by atoms with Gasteiger partial charge in [-0.1, -0.05) is 6.07 Å². The van der Waals surface area contributed by atoms with Gasteiger partial charge in [-0.15, -0.1) is 0 Å². The molecular formula is C15H20N6O. The maximum absolute atomic E-state index is 11.1. The molecule has 22 heavy (non-hydrogen) atoms. The van der Waals surface area contributed by atoms with Gasteiger partial charge in [-0.2, -0.15) is 5.10 Å². The van der Waals surface area contributed by atoms with E-state index in [1.54, 1.807) is 6.20 Å². The summed E-state index contributed by atoms with van der Waals surface area (Å²) >= 11 is 0. The van der Waals surface area contributed by atoms with Crippen LogP contribution in [0.5, 0.6) is 0 Å². The lowest BCUT2D eigenvalue weighted by atomic mass is 10.3. The number of pyridine rings is 1. The Balaban J connectivity index is 1.42. The smallest absolute Gasteiger partial charge is 0.266 e. The zero-order valence-corrected chi connectivity index (χ0v) is 12.4. The van der Waals surface area contributed by atoms with Crippen molar-refractivity contribution in [2.24, 2.45) is 0 Å². The van der Waals surface area contributed by atoms with E-state index in [1.807, 2.05) is 18.3 Å². The van der Waals surface area contributed by atoms with Gasteiger partial charge in [-0.05, 0) is 12.1 Å². The third kappa shape index (κ3) is 3.82. The van der Waals surface area contributed by atoms with Gasteiger partial charge in [0.15, 0.2) is 0 Å². The second-order valence-corrected chi connectivity index (χ2v) is 5.28. The number of aromatic amines is 1. The molecule has 0 radical (unpaired) electrons. The molecule has 3 heterocycles. The average Bonchev–Trinajstić information content (AvgIpc) is 2.56. The molecule has 0 spiro atoms. The number of hydrogen-bond acceptors (Lipinski definition) is 6. The van der Waals surface area contributed by atoms with Crippen LogP contribution in [0.15, 0.2) is 41.5 Å². The van der Waals surface area contributed by atoms with E-state index in [4.69, 9.17) is 0 Å². The Morgan fingerprint density at radius 1 is 1.23 bits per heavy atom. The maximum Gasteiger partial charge on any atom is 0.266 e. The van der Waals surface area contributed by atoms with Crippen LogP contribution in [0.25, 0.3) is 0 Å². The summed E-state index contributed by atoms with van der Waals surface area (Å²) in [5.41, 5.74) is 0.574. The maximum atomic E-state index is 11.1. The highest BCUT2D eigenvalue weighted by Crippen LogP contribution is 2.12. The Bertz CT molecular complexity index is 636. The normalized spacial score (nSPS) is 15.7. The van der Waals surface area contributed by atoms with Gasteiger partial charge >= 0.3 is 0 Å². The van der Waals surface area contributed by atoms with Gasteiger partial charge in [0.1, 0.15) is 5.82 Å². The summed E-state index contributed by atoms with van der Waals surface area (Å²) in [6.45, 7) is 5.77. The first-order chi connectivity index (χ1) is 10.8. The van der Waals surface area contributed by atoms with Crippen LogP contribution in [-0.4, -0.2) is 59.3 Å². The molecule has 0 aliphatic carbocycles. The van der Waals surface area contributed by atoms with E-state index < -0.39 is 0 Å². The molecule has 3 rings (SSSR count). The van der Waals surface area contributed by atoms with Crippen molar-refractivity contribution >= 4 is 11.5 Å². The van der Waals surface area contributed by atoms with Gasteiger partial charge in [0, 0.05) is 51.5 Å². The number of piperazine rings is 1. The van der Waals surface area contributed by atoms with Crippen LogP contribution in [0.2, 0.25) is 0 Å². The Morgan fingerprint density at radius 2 is 2.09 bits per heavy atom. The molecular weight excluding hydrogens is 280 g/mol. The van der Waals surface area contributed by atoms with Crippen LogP contribution in [0, 0.1) is 0 Å². The van der Waals surface area contributed by atoms with Crippen LogP contribution in [-0.2, 0) is 0 Å². The molecule has 2 N–H and O–H groups in total. The molecule has 1 aliphatic heterocycles. The van der Waals surface area contributed by atoms with Crippen molar-refractivity contribution in [1.29, 1.82) is 0 Å². The van der Waals surface area contributed by atoms with E-state index in [2.05, 4.69) is 36.4 Å². The van der Waals surface area contributed by atoms with Gasteiger partial charge in [0.05, 0.1) is 11.9 Å². The molecule has 0 bridgehead atoms. The van der Waals surface area contributed by atoms with Crippen LogP contribution in [0.3, 0.4) is 0 Å². The van der Waals surface area contributed by atoms with Gasteiger partial charge in [-0.3, -0.25) is 9.69 Å². The molecule has 0 atom stereocenters. The fourth-order valence-electron chi connectivity index (χ4n) is 2.57. The first-order valence-corrected chi connectivity index (χ1v) is 7.48. The molecule has 116 valence electrons. The van der Waals surface area contributed by atoms with Crippen molar-refractivity contribution in [3.63, 3.8) is 0 Å². The van der Waals surface area contributed by atoms with Crippen molar-refractivity contribution in [3.8, 4) is 0 Å². The SMILES string of the molecule is O=c1cc(NCCN2CCN(c3ccccn3)CC2)cn[nH]1. The van der Waals surface area contributed by atoms with E-state index >= 15 is 0 Å². The third-order valence-electron chi connectivity index (χ3n) is 3.77. The number of rotatable bonds is 5. The Morgan fingerprint density at radius 3 is 2.82 bits per heavy atom. The summed E-state index contributed by atoms with van der Waals surface area (Å²) in [5.74, 6) is 1.05. The molecule has 0 amide bonds. The summed E-state index contributed by atoms with van der Waals surface area (Å²) in [7, 11) is 0. The minimum Gasteiger partial charge on any atom is -0.382 e. The standard InChI is InChI=1S/C15H20N6O/c22-15-11-13(12-18-19-15)16-5-6-20-7-9-21(10-8-20)14-3-1-2-4-17-14/h1-4,11-12H,5-10H2,(H2,16,19,22).